The number of nitrogens with two attached hydrogens (primary N) is 1. The number of rotatable bonds is 3. The number of fused-ring (bicyclic) bond motifs is 1. The lowest BCUT2D eigenvalue weighted by Crippen LogP contribution is -2.82. The molecule has 3 atom stereocenters. The van der Waals surface area contributed by atoms with Gasteiger partial charge in [-0.05, 0) is 30.5 Å². The molecule has 1 heterocycles. The van der Waals surface area contributed by atoms with Crippen molar-refractivity contribution in [3.05, 3.63) is 35.6 Å². The van der Waals surface area contributed by atoms with Crippen molar-refractivity contribution in [1.82, 2.24) is 4.90 Å². The van der Waals surface area contributed by atoms with Gasteiger partial charge in [-0.25, -0.2) is 4.39 Å². The van der Waals surface area contributed by atoms with Crippen molar-refractivity contribution in [3.63, 3.8) is 0 Å². The molecule has 1 aliphatic heterocycles. The molecule has 0 aromatic heterocycles. The van der Waals surface area contributed by atoms with Gasteiger partial charge in [0, 0.05) is 31.5 Å². The van der Waals surface area contributed by atoms with Crippen LogP contribution < -0.4 is 5.73 Å². The number of benzene rings is 1. The summed E-state index contributed by atoms with van der Waals surface area (Å²) in [6.07, 6.45) is 1.94. The Morgan fingerprint density at radius 2 is 2.00 bits per heavy atom. The fraction of sp³-hybridized carbons (Fsp3) is 0.611. The molecule has 1 amide bonds. The molecular weight excluding hydrogens is 331 g/mol. The van der Waals surface area contributed by atoms with E-state index in [0.29, 0.717) is 6.54 Å². The molecule has 6 heteroatoms. The molecule has 0 radical (unpaired) electrons. The van der Waals surface area contributed by atoms with E-state index >= 15 is 0 Å². The first-order valence-corrected chi connectivity index (χ1v) is 8.19. The summed E-state index contributed by atoms with van der Waals surface area (Å²) in [4.78, 5) is 14.7. The molecule has 1 aliphatic carbocycles. The number of carbonyl (C=O) groups excluding carboxylic acids is 1. The van der Waals surface area contributed by atoms with Crippen molar-refractivity contribution >= 4 is 18.3 Å². The van der Waals surface area contributed by atoms with Gasteiger partial charge in [0.2, 0.25) is 5.91 Å². The van der Waals surface area contributed by atoms with Crippen LogP contribution >= 0.6 is 12.4 Å². The summed E-state index contributed by atoms with van der Waals surface area (Å²) in [6, 6.07) is 6.20. The zero-order valence-corrected chi connectivity index (χ0v) is 15.2. The first kappa shape index (κ1) is 19.2. The molecule has 1 saturated heterocycles. The first-order valence-electron chi connectivity index (χ1n) is 8.19. The van der Waals surface area contributed by atoms with Gasteiger partial charge < -0.3 is 15.4 Å². The minimum Gasteiger partial charge on any atom is -0.377 e. The van der Waals surface area contributed by atoms with Gasteiger partial charge in [-0.1, -0.05) is 26.0 Å². The third-order valence-corrected chi connectivity index (χ3v) is 5.72. The monoisotopic (exact) mass is 356 g/mol. The summed E-state index contributed by atoms with van der Waals surface area (Å²) < 4.78 is 18.9. The van der Waals surface area contributed by atoms with Crippen LogP contribution in [-0.2, 0) is 16.1 Å². The fourth-order valence-corrected chi connectivity index (χ4v) is 4.26. The second-order valence-electron chi connectivity index (χ2n) is 7.42. The minimum atomic E-state index is -0.896. The van der Waals surface area contributed by atoms with E-state index in [4.69, 9.17) is 10.5 Å². The molecule has 2 N–H and O–H groups in total. The number of likely N-dealkylation sites (N-methyl/N-ethyl adjacent to an activating group) is 1. The zero-order chi connectivity index (χ0) is 16.8. The van der Waals surface area contributed by atoms with Crippen LogP contribution in [0.15, 0.2) is 24.3 Å². The van der Waals surface area contributed by atoms with Crippen LogP contribution in [0.2, 0.25) is 0 Å². The summed E-state index contributed by atoms with van der Waals surface area (Å²) >= 11 is 0. The average Bonchev–Trinajstić information content (AvgIpc) is 2.55. The number of hydrogen-bond donors (Lipinski definition) is 1. The third kappa shape index (κ3) is 2.72. The Kier molecular flexibility index (Phi) is 5.28. The number of ether oxygens (including phenoxy) is 1. The molecule has 24 heavy (non-hydrogen) atoms. The summed E-state index contributed by atoms with van der Waals surface area (Å²) in [6.45, 7) is 5.21. The van der Waals surface area contributed by atoms with Crippen molar-refractivity contribution in [3.8, 4) is 0 Å². The highest BCUT2D eigenvalue weighted by atomic mass is 35.5. The van der Waals surface area contributed by atoms with Crippen molar-refractivity contribution in [1.29, 1.82) is 0 Å². The van der Waals surface area contributed by atoms with Crippen LogP contribution in [0.3, 0.4) is 0 Å². The zero-order valence-electron chi connectivity index (χ0n) is 14.4. The highest BCUT2D eigenvalue weighted by molar-refractivity contribution is 5.89. The van der Waals surface area contributed by atoms with E-state index < -0.39 is 5.54 Å². The highest BCUT2D eigenvalue weighted by Crippen LogP contribution is 2.57. The van der Waals surface area contributed by atoms with Gasteiger partial charge >= 0.3 is 0 Å². The van der Waals surface area contributed by atoms with Gasteiger partial charge in [-0.3, -0.25) is 4.79 Å². The van der Waals surface area contributed by atoms with Gasteiger partial charge in [-0.2, -0.15) is 0 Å². The van der Waals surface area contributed by atoms with Crippen molar-refractivity contribution in [2.75, 3.05) is 13.7 Å². The van der Waals surface area contributed by atoms with Gasteiger partial charge in [-0.15, -0.1) is 12.4 Å². The van der Waals surface area contributed by atoms with Crippen LogP contribution in [0, 0.1) is 17.2 Å². The molecule has 1 aromatic rings. The molecule has 3 rings (SSSR count). The fourth-order valence-electron chi connectivity index (χ4n) is 4.26. The molecule has 0 bridgehead atoms. The van der Waals surface area contributed by atoms with Crippen molar-refractivity contribution < 1.29 is 13.9 Å². The van der Waals surface area contributed by atoms with Gasteiger partial charge in [0.15, 0.2) is 0 Å². The highest BCUT2D eigenvalue weighted by Gasteiger charge is 2.70. The van der Waals surface area contributed by atoms with Gasteiger partial charge in [0.25, 0.3) is 0 Å². The molecule has 1 aromatic carbocycles. The number of carbonyl (C=O) groups is 1. The number of nitrogens with zero attached hydrogens (tertiary/aromatic N) is 1. The van der Waals surface area contributed by atoms with Gasteiger partial charge in [0.05, 0.1) is 6.10 Å². The van der Waals surface area contributed by atoms with E-state index in [1.54, 1.807) is 24.1 Å². The maximum atomic E-state index is 13.1. The number of halogens is 2. The van der Waals surface area contributed by atoms with Crippen LogP contribution in [0.1, 0.15) is 32.3 Å². The largest absolute Gasteiger partial charge is 0.377 e. The van der Waals surface area contributed by atoms with Crippen LogP contribution in [-0.4, -0.2) is 36.1 Å². The summed E-state index contributed by atoms with van der Waals surface area (Å²) in [5.41, 5.74) is 6.24. The molecule has 134 valence electrons. The lowest BCUT2D eigenvalue weighted by atomic mass is 9.46. The Balaban J connectivity index is 0.00000208. The lowest BCUT2D eigenvalue weighted by molar-refractivity contribution is -0.229. The standard InChI is InChI=1S/C18H25FN2O2.ClH/c1-17(2)15-14(5-4-10-23-15)18(17,20)16(22)21(3)11-12-6-8-13(19)9-7-12;/h6-9,14-15H,4-5,10-11,20H2,1-3H3;1H. The Labute approximate surface area is 148 Å². The van der Waals surface area contributed by atoms with E-state index in [1.165, 1.54) is 12.1 Å². The van der Waals surface area contributed by atoms with E-state index in [9.17, 15) is 9.18 Å². The summed E-state index contributed by atoms with van der Waals surface area (Å²) in [7, 11) is 1.76. The van der Waals surface area contributed by atoms with Crippen molar-refractivity contribution in [2.45, 2.75) is 44.9 Å². The number of amides is 1. The van der Waals surface area contributed by atoms with Crippen LogP contribution in [0.4, 0.5) is 4.39 Å². The quantitative estimate of drug-likeness (QED) is 0.906. The summed E-state index contributed by atoms with van der Waals surface area (Å²) in [5, 5.41) is 0. The first-order chi connectivity index (χ1) is 10.8. The van der Waals surface area contributed by atoms with E-state index in [2.05, 4.69) is 0 Å². The third-order valence-electron chi connectivity index (χ3n) is 5.72. The predicted molar refractivity (Wildman–Crippen MR) is 93.3 cm³/mol. The maximum Gasteiger partial charge on any atom is 0.243 e. The van der Waals surface area contributed by atoms with Crippen molar-refractivity contribution in [2.24, 2.45) is 17.1 Å². The molecule has 3 unspecified atom stereocenters. The second-order valence-corrected chi connectivity index (χ2v) is 7.42. The van der Waals surface area contributed by atoms with Crippen LogP contribution in [0.25, 0.3) is 0 Å². The smallest absolute Gasteiger partial charge is 0.243 e. The van der Waals surface area contributed by atoms with Crippen LogP contribution in [0.5, 0.6) is 0 Å². The molecular formula is C18H26ClFN2O2. The number of hydrogen-bond acceptors (Lipinski definition) is 3. The van der Waals surface area contributed by atoms with E-state index in [1.807, 2.05) is 13.8 Å². The topological polar surface area (TPSA) is 55.6 Å². The average molecular weight is 357 g/mol. The molecule has 4 nitrogen and oxygen atoms in total. The van der Waals surface area contributed by atoms with E-state index in [0.717, 1.165) is 25.0 Å². The maximum absolute atomic E-state index is 13.1. The normalized spacial score (nSPS) is 30.5. The lowest BCUT2D eigenvalue weighted by Gasteiger charge is -2.65. The predicted octanol–water partition coefficient (Wildman–Crippen LogP) is 2.74. The molecule has 2 fully saturated rings. The molecule has 1 saturated carbocycles. The van der Waals surface area contributed by atoms with E-state index in [-0.39, 0.29) is 41.6 Å². The summed E-state index contributed by atoms with van der Waals surface area (Å²) in [5.74, 6) is -0.256. The molecule has 2 aliphatic rings. The SMILES string of the molecule is CN(Cc1ccc(F)cc1)C(=O)C1(N)C2CCCOC2C1(C)C.Cl. The minimum absolute atomic E-state index is 0. The Morgan fingerprint density at radius 1 is 1.38 bits per heavy atom. The Bertz CT molecular complexity index is 608. The Morgan fingerprint density at radius 3 is 2.62 bits per heavy atom. The second kappa shape index (κ2) is 6.62. The molecule has 0 spiro atoms. The Hall–Kier alpha value is -1.17. The van der Waals surface area contributed by atoms with Gasteiger partial charge in [0.1, 0.15) is 11.4 Å².